The molecule has 1 aliphatic rings. The summed E-state index contributed by atoms with van der Waals surface area (Å²) in [6.07, 6.45) is 2.46. The van der Waals surface area contributed by atoms with Crippen molar-refractivity contribution in [2.75, 3.05) is 19.6 Å². The number of primary amides is 1. The topological polar surface area (TPSA) is 84.7 Å². The lowest BCUT2D eigenvalue weighted by Gasteiger charge is -2.30. The monoisotopic (exact) mass is 413 g/mol. The van der Waals surface area contributed by atoms with Crippen molar-refractivity contribution < 1.29 is 18.7 Å². The first-order chi connectivity index (χ1) is 14.4. The number of hydrogen-bond donors (Lipinski definition) is 2. The molecule has 1 heterocycles. The van der Waals surface area contributed by atoms with Gasteiger partial charge in [-0.3, -0.25) is 14.5 Å². The summed E-state index contributed by atoms with van der Waals surface area (Å²) in [4.78, 5) is 26.3. The fraction of sp³-hybridized carbons (Fsp3) is 0.391. The number of rotatable bonds is 8. The summed E-state index contributed by atoms with van der Waals surface area (Å²) in [7, 11) is 0. The minimum absolute atomic E-state index is 0.190. The molecule has 0 aliphatic carbocycles. The van der Waals surface area contributed by atoms with Crippen molar-refractivity contribution in [3.05, 3.63) is 59.9 Å². The second kappa shape index (κ2) is 10.2. The lowest BCUT2D eigenvalue weighted by Crippen LogP contribution is -2.49. The van der Waals surface area contributed by atoms with Crippen molar-refractivity contribution >= 4 is 11.8 Å². The summed E-state index contributed by atoms with van der Waals surface area (Å²) < 4.78 is 18.6. The number of hydrogen-bond acceptors (Lipinski definition) is 4. The van der Waals surface area contributed by atoms with E-state index in [1.54, 1.807) is 24.3 Å². The summed E-state index contributed by atoms with van der Waals surface area (Å²) in [5.41, 5.74) is 6.35. The Balaban J connectivity index is 1.53. The van der Waals surface area contributed by atoms with Crippen LogP contribution in [-0.4, -0.2) is 42.4 Å². The number of benzene rings is 2. The van der Waals surface area contributed by atoms with E-state index in [1.807, 2.05) is 12.1 Å². The van der Waals surface area contributed by atoms with E-state index in [1.165, 1.54) is 12.1 Å². The molecule has 0 aromatic heterocycles. The number of piperidine rings is 1. The van der Waals surface area contributed by atoms with Gasteiger partial charge in [-0.25, -0.2) is 4.39 Å². The largest absolute Gasteiger partial charge is 0.457 e. The second-order valence-corrected chi connectivity index (χ2v) is 7.89. The van der Waals surface area contributed by atoms with Gasteiger partial charge in [0.1, 0.15) is 23.4 Å². The molecule has 1 fully saturated rings. The lowest BCUT2D eigenvalue weighted by molar-refractivity contribution is -0.128. The second-order valence-electron chi connectivity index (χ2n) is 7.89. The van der Waals surface area contributed by atoms with E-state index in [4.69, 9.17) is 10.5 Å². The van der Waals surface area contributed by atoms with E-state index in [0.29, 0.717) is 23.8 Å². The van der Waals surface area contributed by atoms with Crippen LogP contribution in [0, 0.1) is 11.7 Å². The molecule has 0 spiro atoms. The molecule has 3 rings (SSSR count). The molecular weight excluding hydrogens is 385 g/mol. The van der Waals surface area contributed by atoms with Gasteiger partial charge in [0.05, 0.1) is 6.54 Å². The van der Waals surface area contributed by atoms with Crippen LogP contribution in [0.4, 0.5) is 4.39 Å². The highest BCUT2D eigenvalue weighted by Gasteiger charge is 2.22. The average molecular weight is 413 g/mol. The van der Waals surface area contributed by atoms with E-state index in [2.05, 4.69) is 17.1 Å². The number of nitrogens with zero attached hydrogens (tertiary/aromatic N) is 1. The summed E-state index contributed by atoms with van der Waals surface area (Å²) >= 11 is 0. The molecule has 0 radical (unpaired) electrons. The molecule has 30 heavy (non-hydrogen) atoms. The Labute approximate surface area is 176 Å². The Morgan fingerprint density at radius 3 is 2.23 bits per heavy atom. The van der Waals surface area contributed by atoms with Crippen molar-refractivity contribution in [2.24, 2.45) is 11.7 Å². The van der Waals surface area contributed by atoms with Crippen molar-refractivity contribution in [2.45, 2.75) is 32.2 Å². The lowest BCUT2D eigenvalue weighted by atomic mass is 9.99. The zero-order chi connectivity index (χ0) is 21.5. The third-order valence-corrected chi connectivity index (χ3v) is 5.33. The number of carbonyl (C=O) groups excluding carboxylic acids is 2. The minimum atomic E-state index is -0.773. The van der Waals surface area contributed by atoms with Gasteiger partial charge in [-0.1, -0.05) is 19.1 Å². The molecule has 7 heteroatoms. The van der Waals surface area contributed by atoms with Gasteiger partial charge in [-0.05, 0) is 73.8 Å². The van der Waals surface area contributed by atoms with Crippen molar-refractivity contribution in [3.63, 3.8) is 0 Å². The smallest absolute Gasteiger partial charge is 0.240 e. The number of nitrogens with two attached hydrogens (primary N) is 1. The predicted octanol–water partition coefficient (Wildman–Crippen LogP) is 2.86. The molecular formula is C23H28FN3O3. The maximum absolute atomic E-state index is 13.0. The molecule has 1 atom stereocenters. The highest BCUT2D eigenvalue weighted by molar-refractivity contribution is 5.87. The van der Waals surface area contributed by atoms with Crippen LogP contribution in [0.25, 0.3) is 0 Å². The Kier molecular flexibility index (Phi) is 7.41. The van der Waals surface area contributed by atoms with E-state index in [-0.39, 0.29) is 18.3 Å². The Morgan fingerprint density at radius 2 is 1.67 bits per heavy atom. The Hall–Kier alpha value is -2.93. The summed E-state index contributed by atoms with van der Waals surface area (Å²) in [6, 6.07) is 12.1. The highest BCUT2D eigenvalue weighted by atomic mass is 19.1. The van der Waals surface area contributed by atoms with Gasteiger partial charge in [0.2, 0.25) is 11.8 Å². The molecule has 0 saturated carbocycles. The minimum Gasteiger partial charge on any atom is -0.457 e. The van der Waals surface area contributed by atoms with Gasteiger partial charge in [0.25, 0.3) is 0 Å². The summed E-state index contributed by atoms with van der Waals surface area (Å²) in [6.45, 7) is 4.29. The molecule has 1 saturated heterocycles. The first-order valence-corrected chi connectivity index (χ1v) is 10.2. The Morgan fingerprint density at radius 1 is 1.10 bits per heavy atom. The zero-order valence-corrected chi connectivity index (χ0v) is 17.1. The molecule has 3 N–H and O–H groups in total. The normalized spacial score (nSPS) is 16.1. The molecule has 2 aromatic carbocycles. The molecule has 1 aliphatic heterocycles. The molecule has 6 nitrogen and oxygen atoms in total. The third kappa shape index (κ3) is 6.56. The first-order valence-electron chi connectivity index (χ1n) is 10.2. The van der Waals surface area contributed by atoms with Gasteiger partial charge in [-0.2, -0.15) is 0 Å². The van der Waals surface area contributed by atoms with E-state index in [0.717, 1.165) is 31.5 Å². The van der Waals surface area contributed by atoms with E-state index < -0.39 is 11.9 Å². The van der Waals surface area contributed by atoms with E-state index in [9.17, 15) is 14.0 Å². The highest BCUT2D eigenvalue weighted by Crippen LogP contribution is 2.22. The van der Waals surface area contributed by atoms with Crippen LogP contribution < -0.4 is 15.8 Å². The number of amides is 2. The average Bonchev–Trinajstić information content (AvgIpc) is 2.72. The van der Waals surface area contributed by atoms with Gasteiger partial charge in [0.15, 0.2) is 0 Å². The predicted molar refractivity (Wildman–Crippen MR) is 113 cm³/mol. The van der Waals surface area contributed by atoms with Crippen LogP contribution in [0.15, 0.2) is 48.5 Å². The van der Waals surface area contributed by atoms with Gasteiger partial charge in [0, 0.05) is 6.42 Å². The van der Waals surface area contributed by atoms with Gasteiger partial charge < -0.3 is 15.8 Å². The van der Waals surface area contributed by atoms with Crippen LogP contribution in [0.3, 0.4) is 0 Å². The number of ether oxygens (including phenoxy) is 1. The molecule has 2 aromatic rings. The van der Waals surface area contributed by atoms with Crippen molar-refractivity contribution in [1.82, 2.24) is 10.2 Å². The van der Waals surface area contributed by atoms with Crippen LogP contribution >= 0.6 is 0 Å². The van der Waals surface area contributed by atoms with Crippen LogP contribution in [0.5, 0.6) is 11.5 Å². The summed E-state index contributed by atoms with van der Waals surface area (Å²) in [5.74, 6) is 0.722. The first kappa shape index (κ1) is 21.8. The van der Waals surface area contributed by atoms with Crippen molar-refractivity contribution in [1.29, 1.82) is 0 Å². The zero-order valence-electron chi connectivity index (χ0n) is 17.1. The number of carbonyl (C=O) groups is 2. The van der Waals surface area contributed by atoms with Crippen LogP contribution in [0.1, 0.15) is 25.3 Å². The quantitative estimate of drug-likeness (QED) is 0.697. The SMILES string of the molecule is CC1CCN(CC(=O)NC(Cc2ccc(Oc3ccc(F)cc3)cc2)C(N)=O)CC1. The maximum atomic E-state index is 13.0. The number of halogens is 1. The molecule has 0 bridgehead atoms. The standard InChI is InChI=1S/C23H28FN3O3/c1-16-10-12-27(13-11-16)15-22(28)26-21(23(25)29)14-17-2-6-19(7-3-17)30-20-8-4-18(24)5-9-20/h2-9,16,21H,10-15H2,1H3,(H2,25,29)(H,26,28). The Bertz CT molecular complexity index is 847. The van der Waals surface area contributed by atoms with Crippen molar-refractivity contribution in [3.8, 4) is 11.5 Å². The fourth-order valence-electron chi connectivity index (χ4n) is 3.45. The van der Waals surface area contributed by atoms with Crippen LogP contribution in [-0.2, 0) is 16.0 Å². The number of nitrogens with one attached hydrogen (secondary N) is 1. The van der Waals surface area contributed by atoms with Gasteiger partial charge >= 0.3 is 0 Å². The molecule has 160 valence electrons. The maximum Gasteiger partial charge on any atom is 0.240 e. The third-order valence-electron chi connectivity index (χ3n) is 5.33. The number of likely N-dealkylation sites (tertiary alicyclic amines) is 1. The van der Waals surface area contributed by atoms with Crippen LogP contribution in [0.2, 0.25) is 0 Å². The molecule has 1 unspecified atom stereocenters. The summed E-state index contributed by atoms with van der Waals surface area (Å²) in [5, 5.41) is 2.76. The fourth-order valence-corrected chi connectivity index (χ4v) is 3.45. The van der Waals surface area contributed by atoms with Gasteiger partial charge in [-0.15, -0.1) is 0 Å². The van der Waals surface area contributed by atoms with E-state index >= 15 is 0 Å². The molecule has 2 amide bonds.